The van der Waals surface area contributed by atoms with Crippen LogP contribution < -0.4 is 29.4 Å². The molecule has 0 aromatic heterocycles. The standard InChI is InChI=1S/C40H64N6/c1-16-44(17-2)38-28(7)31(22-25-34(38)41(10)11)37(32-23-26-35(42(12)13)39(29(32)8)45(18-3)19-4)33-24-27-36(43(14)15)40(30(33)9)46(20-5)21-6/h22-27,37H,16-21H2,1-15H3. The van der Waals surface area contributed by atoms with Crippen LogP contribution in [-0.4, -0.2) is 81.6 Å². The predicted molar refractivity (Wildman–Crippen MR) is 208 cm³/mol. The zero-order chi connectivity index (χ0) is 34.5. The SMILES string of the molecule is CCN(CC)c1c(N(C)C)ccc(C(c2ccc(N(C)C)c(N(CC)CC)c2C)c2ccc(N(C)C)c(N(CC)CC)c2C)c1C. The summed E-state index contributed by atoms with van der Waals surface area (Å²) in [7, 11) is 13.0. The van der Waals surface area contributed by atoms with Crippen LogP contribution in [0.2, 0.25) is 0 Å². The van der Waals surface area contributed by atoms with E-state index < -0.39 is 0 Å². The van der Waals surface area contributed by atoms with E-state index in [0.29, 0.717) is 0 Å². The topological polar surface area (TPSA) is 19.4 Å². The molecule has 0 fully saturated rings. The molecule has 3 aromatic carbocycles. The second kappa shape index (κ2) is 15.8. The number of hydrogen-bond acceptors (Lipinski definition) is 6. The molecule has 3 aromatic rings. The summed E-state index contributed by atoms with van der Waals surface area (Å²) in [6, 6.07) is 14.3. The smallest absolute Gasteiger partial charge is 0.0636 e. The van der Waals surface area contributed by atoms with E-state index in [-0.39, 0.29) is 5.92 Å². The molecule has 0 aliphatic carbocycles. The van der Waals surface area contributed by atoms with Crippen LogP contribution >= 0.6 is 0 Å². The van der Waals surface area contributed by atoms with E-state index in [9.17, 15) is 0 Å². The minimum atomic E-state index is 0.0709. The highest BCUT2D eigenvalue weighted by Gasteiger charge is 2.30. The first-order valence-electron chi connectivity index (χ1n) is 17.5. The van der Waals surface area contributed by atoms with E-state index in [1.54, 1.807) is 0 Å². The van der Waals surface area contributed by atoms with Gasteiger partial charge in [0.2, 0.25) is 0 Å². The Balaban J connectivity index is 2.59. The Morgan fingerprint density at radius 3 is 0.783 bits per heavy atom. The fourth-order valence-corrected chi connectivity index (χ4v) is 7.44. The van der Waals surface area contributed by atoms with Gasteiger partial charge in [0.1, 0.15) is 0 Å². The molecule has 46 heavy (non-hydrogen) atoms. The first kappa shape index (κ1) is 36.9. The van der Waals surface area contributed by atoms with Gasteiger partial charge in [-0.05, 0) is 114 Å². The Hall–Kier alpha value is -3.54. The summed E-state index contributed by atoms with van der Waals surface area (Å²) in [6.07, 6.45) is 0. The van der Waals surface area contributed by atoms with Crippen LogP contribution in [0.15, 0.2) is 36.4 Å². The third kappa shape index (κ3) is 6.91. The molecule has 0 saturated heterocycles. The van der Waals surface area contributed by atoms with Gasteiger partial charge in [0.15, 0.2) is 0 Å². The van der Waals surface area contributed by atoms with Gasteiger partial charge in [-0.2, -0.15) is 0 Å². The van der Waals surface area contributed by atoms with Gasteiger partial charge in [-0.3, -0.25) is 0 Å². The largest absolute Gasteiger partial charge is 0.376 e. The van der Waals surface area contributed by atoms with E-state index in [4.69, 9.17) is 0 Å². The van der Waals surface area contributed by atoms with Crippen molar-refractivity contribution in [3.8, 4) is 0 Å². The third-order valence-electron chi connectivity index (χ3n) is 9.97. The normalized spacial score (nSPS) is 11.2. The summed E-state index contributed by atoms with van der Waals surface area (Å²) in [5.41, 5.74) is 16.1. The molecule has 6 nitrogen and oxygen atoms in total. The lowest BCUT2D eigenvalue weighted by molar-refractivity contribution is 0.837. The fourth-order valence-electron chi connectivity index (χ4n) is 7.44. The monoisotopic (exact) mass is 629 g/mol. The van der Waals surface area contributed by atoms with Crippen molar-refractivity contribution in [3.63, 3.8) is 0 Å². The molecule has 0 radical (unpaired) electrons. The Kier molecular flexibility index (Phi) is 12.7. The molecule has 0 unspecified atom stereocenters. The lowest BCUT2D eigenvalue weighted by Crippen LogP contribution is -2.28. The van der Waals surface area contributed by atoms with E-state index in [2.05, 4.69) is 170 Å². The van der Waals surface area contributed by atoms with E-state index in [1.807, 2.05) is 0 Å². The van der Waals surface area contributed by atoms with Crippen molar-refractivity contribution in [1.29, 1.82) is 0 Å². The zero-order valence-corrected chi connectivity index (χ0v) is 32.0. The van der Waals surface area contributed by atoms with Gasteiger partial charge < -0.3 is 29.4 Å². The van der Waals surface area contributed by atoms with Crippen LogP contribution in [-0.2, 0) is 0 Å². The van der Waals surface area contributed by atoms with Gasteiger partial charge in [-0.25, -0.2) is 0 Å². The summed E-state index contributed by atoms with van der Waals surface area (Å²) in [6.45, 7) is 26.5. The minimum Gasteiger partial charge on any atom is -0.376 e. The molecular formula is C40H64N6. The number of hydrogen-bond donors (Lipinski definition) is 0. The maximum absolute atomic E-state index is 2.53. The molecule has 0 bridgehead atoms. The van der Waals surface area contributed by atoms with Gasteiger partial charge in [0.25, 0.3) is 0 Å². The fraction of sp³-hybridized carbons (Fsp3) is 0.550. The lowest BCUT2D eigenvalue weighted by Gasteiger charge is -2.36. The van der Waals surface area contributed by atoms with Crippen LogP contribution in [0.4, 0.5) is 34.1 Å². The molecule has 6 heteroatoms. The Morgan fingerprint density at radius 1 is 0.391 bits per heavy atom. The van der Waals surface area contributed by atoms with Crippen molar-refractivity contribution in [2.24, 2.45) is 0 Å². The summed E-state index contributed by atoms with van der Waals surface area (Å²) in [5.74, 6) is 0.0709. The van der Waals surface area contributed by atoms with Crippen molar-refractivity contribution in [3.05, 3.63) is 69.8 Å². The first-order chi connectivity index (χ1) is 21.8. The summed E-state index contributed by atoms with van der Waals surface area (Å²) in [5, 5.41) is 0. The van der Waals surface area contributed by atoms with Gasteiger partial charge >= 0.3 is 0 Å². The highest BCUT2D eigenvalue weighted by atomic mass is 15.2. The molecule has 0 spiro atoms. The molecule has 0 aliphatic rings. The number of rotatable bonds is 15. The Morgan fingerprint density at radius 2 is 0.609 bits per heavy atom. The molecule has 0 N–H and O–H groups in total. The van der Waals surface area contributed by atoms with Crippen molar-refractivity contribution in [2.45, 2.75) is 68.2 Å². The van der Waals surface area contributed by atoms with Crippen LogP contribution in [0.1, 0.15) is 80.8 Å². The molecule has 0 aliphatic heterocycles. The van der Waals surface area contributed by atoms with Crippen LogP contribution in [0, 0.1) is 20.8 Å². The lowest BCUT2D eigenvalue weighted by atomic mass is 9.78. The Labute approximate surface area is 282 Å². The van der Waals surface area contributed by atoms with Crippen LogP contribution in [0.3, 0.4) is 0 Å². The Bertz CT molecular complexity index is 1270. The maximum Gasteiger partial charge on any atom is 0.0636 e. The van der Waals surface area contributed by atoms with Crippen LogP contribution in [0.25, 0.3) is 0 Å². The average Bonchev–Trinajstić information content (AvgIpc) is 3.02. The molecule has 254 valence electrons. The molecule has 0 atom stereocenters. The third-order valence-corrected chi connectivity index (χ3v) is 9.97. The van der Waals surface area contributed by atoms with Crippen molar-refractivity contribution >= 4 is 34.1 Å². The molecule has 0 amide bonds. The molecule has 3 rings (SSSR count). The average molecular weight is 629 g/mol. The quantitative estimate of drug-likeness (QED) is 0.156. The molecule has 0 saturated carbocycles. The number of benzene rings is 3. The van der Waals surface area contributed by atoms with E-state index >= 15 is 0 Å². The van der Waals surface area contributed by atoms with E-state index in [1.165, 1.54) is 67.5 Å². The predicted octanol–water partition coefficient (Wildman–Crippen LogP) is 8.53. The number of nitrogens with zero attached hydrogens (tertiary/aromatic N) is 6. The van der Waals surface area contributed by atoms with E-state index in [0.717, 1.165) is 39.3 Å². The minimum absolute atomic E-state index is 0.0709. The first-order valence-corrected chi connectivity index (χ1v) is 17.5. The van der Waals surface area contributed by atoms with Gasteiger partial charge in [-0.15, -0.1) is 0 Å². The highest BCUT2D eigenvalue weighted by Crippen LogP contribution is 2.48. The van der Waals surface area contributed by atoms with Crippen molar-refractivity contribution in [2.75, 3.05) is 111 Å². The highest BCUT2D eigenvalue weighted by molar-refractivity contribution is 5.82. The van der Waals surface area contributed by atoms with Gasteiger partial charge in [0.05, 0.1) is 34.1 Å². The van der Waals surface area contributed by atoms with Gasteiger partial charge in [0, 0.05) is 87.5 Å². The molecule has 0 heterocycles. The van der Waals surface area contributed by atoms with Crippen molar-refractivity contribution in [1.82, 2.24) is 0 Å². The van der Waals surface area contributed by atoms with Crippen molar-refractivity contribution < 1.29 is 0 Å². The van der Waals surface area contributed by atoms with Gasteiger partial charge in [-0.1, -0.05) is 18.2 Å². The van der Waals surface area contributed by atoms with Crippen LogP contribution in [0.5, 0.6) is 0 Å². The maximum atomic E-state index is 2.53. The molecular weight excluding hydrogens is 564 g/mol. The second-order valence-corrected chi connectivity index (χ2v) is 13.1. The summed E-state index contributed by atoms with van der Waals surface area (Å²) >= 11 is 0. The number of anilines is 6. The second-order valence-electron chi connectivity index (χ2n) is 13.1. The zero-order valence-electron chi connectivity index (χ0n) is 32.0. The summed E-state index contributed by atoms with van der Waals surface area (Å²) < 4.78 is 0. The summed E-state index contributed by atoms with van der Waals surface area (Å²) in [4.78, 5) is 14.4.